The van der Waals surface area contributed by atoms with Crippen molar-refractivity contribution in [1.29, 1.82) is 0 Å². The molecule has 0 atom stereocenters. The van der Waals surface area contributed by atoms with Crippen LogP contribution in [0.4, 0.5) is 5.69 Å². The van der Waals surface area contributed by atoms with Crippen LogP contribution in [0.15, 0.2) is 47.2 Å². The molecule has 3 rings (SSSR count). The molecule has 1 heterocycles. The maximum Gasteiger partial charge on any atom is 0.129 e. The van der Waals surface area contributed by atoms with E-state index in [4.69, 9.17) is 0 Å². The Balaban J connectivity index is 1.76. The molecule has 1 aliphatic rings. The standard InChI is InChI=1S/C14H13BrN2/c15-14-13(6-3-7-16-14)17-12-8-10-4-1-2-5-11(10)9-12/h1-7,12,17H,8-9H2. The van der Waals surface area contributed by atoms with Gasteiger partial charge < -0.3 is 5.32 Å². The molecule has 0 amide bonds. The number of nitrogens with one attached hydrogen (secondary N) is 1. The van der Waals surface area contributed by atoms with Gasteiger partial charge in [-0.2, -0.15) is 0 Å². The van der Waals surface area contributed by atoms with Gasteiger partial charge in [-0.3, -0.25) is 0 Å². The minimum atomic E-state index is 0.480. The average molecular weight is 289 g/mol. The number of pyridine rings is 1. The van der Waals surface area contributed by atoms with E-state index in [1.807, 2.05) is 6.07 Å². The maximum absolute atomic E-state index is 4.22. The molecule has 1 N–H and O–H groups in total. The van der Waals surface area contributed by atoms with Gasteiger partial charge >= 0.3 is 0 Å². The van der Waals surface area contributed by atoms with Gasteiger partial charge in [-0.05, 0) is 52.0 Å². The number of fused-ring (bicyclic) bond motifs is 1. The van der Waals surface area contributed by atoms with E-state index < -0.39 is 0 Å². The summed E-state index contributed by atoms with van der Waals surface area (Å²) in [6.07, 6.45) is 3.98. The summed E-state index contributed by atoms with van der Waals surface area (Å²) in [5.41, 5.74) is 4.00. The predicted molar refractivity (Wildman–Crippen MR) is 73.2 cm³/mol. The van der Waals surface area contributed by atoms with Gasteiger partial charge in [0.15, 0.2) is 0 Å². The Morgan fingerprint density at radius 2 is 1.76 bits per heavy atom. The lowest BCUT2D eigenvalue weighted by atomic mass is 10.1. The maximum atomic E-state index is 4.22. The highest BCUT2D eigenvalue weighted by Gasteiger charge is 2.21. The Hall–Kier alpha value is -1.35. The van der Waals surface area contributed by atoms with Crippen molar-refractivity contribution in [3.05, 3.63) is 58.3 Å². The van der Waals surface area contributed by atoms with Crippen LogP contribution in [-0.4, -0.2) is 11.0 Å². The lowest BCUT2D eigenvalue weighted by Crippen LogP contribution is -2.19. The number of hydrogen-bond donors (Lipinski definition) is 1. The molecular weight excluding hydrogens is 276 g/mol. The van der Waals surface area contributed by atoms with Crippen molar-refractivity contribution in [3.63, 3.8) is 0 Å². The van der Waals surface area contributed by atoms with E-state index in [0.717, 1.165) is 23.1 Å². The van der Waals surface area contributed by atoms with E-state index in [1.165, 1.54) is 11.1 Å². The Morgan fingerprint density at radius 3 is 2.41 bits per heavy atom. The van der Waals surface area contributed by atoms with E-state index in [0.29, 0.717) is 6.04 Å². The van der Waals surface area contributed by atoms with Crippen LogP contribution < -0.4 is 5.32 Å². The Morgan fingerprint density at radius 1 is 1.06 bits per heavy atom. The summed E-state index contributed by atoms with van der Waals surface area (Å²) in [5.74, 6) is 0. The summed E-state index contributed by atoms with van der Waals surface area (Å²) in [7, 11) is 0. The van der Waals surface area contributed by atoms with E-state index in [-0.39, 0.29) is 0 Å². The van der Waals surface area contributed by atoms with Crippen molar-refractivity contribution in [3.8, 4) is 0 Å². The van der Waals surface area contributed by atoms with Crippen LogP contribution in [-0.2, 0) is 12.8 Å². The van der Waals surface area contributed by atoms with E-state index in [1.54, 1.807) is 6.20 Å². The fraction of sp³-hybridized carbons (Fsp3) is 0.214. The molecule has 0 bridgehead atoms. The molecule has 3 heteroatoms. The number of rotatable bonds is 2. The van der Waals surface area contributed by atoms with E-state index in [2.05, 4.69) is 56.6 Å². The van der Waals surface area contributed by atoms with Crippen molar-refractivity contribution in [1.82, 2.24) is 4.98 Å². The van der Waals surface area contributed by atoms with Gasteiger partial charge in [0.2, 0.25) is 0 Å². The summed E-state index contributed by atoms with van der Waals surface area (Å²) >= 11 is 3.47. The minimum absolute atomic E-state index is 0.480. The van der Waals surface area contributed by atoms with Crippen LogP contribution in [0.5, 0.6) is 0 Å². The zero-order valence-corrected chi connectivity index (χ0v) is 10.9. The highest BCUT2D eigenvalue weighted by Crippen LogP contribution is 2.26. The van der Waals surface area contributed by atoms with E-state index >= 15 is 0 Å². The molecule has 2 aromatic rings. The second kappa shape index (κ2) is 4.49. The molecule has 17 heavy (non-hydrogen) atoms. The first-order valence-corrected chi connectivity index (χ1v) is 6.56. The molecule has 1 aromatic carbocycles. The third-order valence-corrected chi connectivity index (χ3v) is 3.80. The van der Waals surface area contributed by atoms with Crippen LogP contribution in [0, 0.1) is 0 Å². The molecule has 1 aromatic heterocycles. The fourth-order valence-electron chi connectivity index (χ4n) is 2.37. The van der Waals surface area contributed by atoms with Crippen LogP contribution in [0.3, 0.4) is 0 Å². The molecule has 0 aliphatic heterocycles. The first kappa shape index (κ1) is 10.8. The number of benzene rings is 1. The van der Waals surface area contributed by atoms with Crippen molar-refractivity contribution in [2.75, 3.05) is 5.32 Å². The molecule has 0 spiro atoms. The lowest BCUT2D eigenvalue weighted by Gasteiger charge is -2.14. The predicted octanol–water partition coefficient (Wildman–Crippen LogP) is 3.42. The molecule has 0 unspecified atom stereocenters. The molecule has 1 aliphatic carbocycles. The van der Waals surface area contributed by atoms with Gasteiger partial charge in [0.1, 0.15) is 4.60 Å². The van der Waals surface area contributed by atoms with Gasteiger partial charge in [0, 0.05) is 12.2 Å². The Labute approximate surface area is 109 Å². The van der Waals surface area contributed by atoms with Crippen LogP contribution >= 0.6 is 15.9 Å². The molecule has 0 saturated carbocycles. The van der Waals surface area contributed by atoms with Crippen molar-refractivity contribution in [2.45, 2.75) is 18.9 Å². The summed E-state index contributed by atoms with van der Waals surface area (Å²) in [6, 6.07) is 13.1. The number of hydrogen-bond acceptors (Lipinski definition) is 2. The number of halogens is 1. The monoisotopic (exact) mass is 288 g/mol. The van der Waals surface area contributed by atoms with Gasteiger partial charge in [0.25, 0.3) is 0 Å². The number of nitrogens with zero attached hydrogens (tertiary/aromatic N) is 1. The summed E-state index contributed by atoms with van der Waals surface area (Å²) in [6.45, 7) is 0. The topological polar surface area (TPSA) is 24.9 Å². The summed E-state index contributed by atoms with van der Waals surface area (Å²) in [5, 5.41) is 3.55. The fourth-order valence-corrected chi connectivity index (χ4v) is 2.74. The number of aromatic nitrogens is 1. The van der Waals surface area contributed by atoms with Gasteiger partial charge in [-0.1, -0.05) is 24.3 Å². The average Bonchev–Trinajstić information content (AvgIpc) is 2.74. The molecule has 0 saturated heterocycles. The quantitative estimate of drug-likeness (QED) is 0.857. The van der Waals surface area contributed by atoms with E-state index in [9.17, 15) is 0 Å². The second-order valence-corrected chi connectivity index (χ2v) is 5.11. The van der Waals surface area contributed by atoms with Gasteiger partial charge in [-0.15, -0.1) is 0 Å². The third kappa shape index (κ3) is 2.20. The zero-order chi connectivity index (χ0) is 11.7. The normalized spacial score (nSPS) is 14.6. The minimum Gasteiger partial charge on any atom is -0.379 e. The Bertz CT molecular complexity index is 514. The largest absolute Gasteiger partial charge is 0.379 e. The molecule has 2 nitrogen and oxygen atoms in total. The zero-order valence-electron chi connectivity index (χ0n) is 9.36. The first-order chi connectivity index (χ1) is 8.33. The smallest absolute Gasteiger partial charge is 0.129 e. The van der Waals surface area contributed by atoms with Crippen molar-refractivity contribution >= 4 is 21.6 Å². The van der Waals surface area contributed by atoms with Crippen molar-refractivity contribution in [2.24, 2.45) is 0 Å². The third-order valence-electron chi connectivity index (χ3n) is 3.17. The highest BCUT2D eigenvalue weighted by molar-refractivity contribution is 9.10. The molecule has 86 valence electrons. The van der Waals surface area contributed by atoms with Crippen molar-refractivity contribution < 1.29 is 0 Å². The van der Waals surface area contributed by atoms with Crippen LogP contribution in [0.25, 0.3) is 0 Å². The molecular formula is C14H13BrN2. The molecule has 0 fully saturated rings. The molecule has 0 radical (unpaired) electrons. The number of anilines is 1. The van der Waals surface area contributed by atoms with Crippen LogP contribution in [0.2, 0.25) is 0 Å². The van der Waals surface area contributed by atoms with Crippen LogP contribution in [0.1, 0.15) is 11.1 Å². The summed E-state index contributed by atoms with van der Waals surface area (Å²) < 4.78 is 0.885. The highest BCUT2D eigenvalue weighted by atomic mass is 79.9. The van der Waals surface area contributed by atoms with Gasteiger partial charge in [0.05, 0.1) is 5.69 Å². The SMILES string of the molecule is Brc1ncccc1NC1Cc2ccccc2C1. The second-order valence-electron chi connectivity index (χ2n) is 4.36. The summed E-state index contributed by atoms with van der Waals surface area (Å²) in [4.78, 5) is 4.22. The lowest BCUT2D eigenvalue weighted by molar-refractivity contribution is 0.772. The first-order valence-electron chi connectivity index (χ1n) is 5.77. The Kier molecular flexibility index (Phi) is 2.85. The van der Waals surface area contributed by atoms with Gasteiger partial charge in [-0.25, -0.2) is 4.98 Å².